The van der Waals surface area contributed by atoms with Crippen LogP contribution in [0.4, 0.5) is 0 Å². The molecule has 1 aliphatic heterocycles. The summed E-state index contributed by atoms with van der Waals surface area (Å²) in [6.45, 7) is 5.08. The number of benzene rings is 1. The van der Waals surface area contributed by atoms with Crippen molar-refractivity contribution in [1.82, 2.24) is 10.2 Å². The summed E-state index contributed by atoms with van der Waals surface area (Å²) in [6, 6.07) is 10.4. The van der Waals surface area contributed by atoms with Crippen molar-refractivity contribution in [2.24, 2.45) is 0 Å². The van der Waals surface area contributed by atoms with Gasteiger partial charge in [0.2, 0.25) is 5.91 Å². The first-order valence-corrected chi connectivity index (χ1v) is 7.30. The Kier molecular flexibility index (Phi) is 5.40. The molecule has 3 nitrogen and oxygen atoms in total. The fourth-order valence-corrected chi connectivity index (χ4v) is 2.63. The molecule has 1 saturated heterocycles. The van der Waals surface area contributed by atoms with Gasteiger partial charge in [-0.15, -0.1) is 0 Å². The molecule has 1 aromatic rings. The highest BCUT2D eigenvalue weighted by atomic mass is 16.1. The average Bonchev–Trinajstić information content (AvgIpc) is 2.47. The van der Waals surface area contributed by atoms with E-state index in [-0.39, 0.29) is 5.91 Å². The van der Waals surface area contributed by atoms with Gasteiger partial charge in [0.15, 0.2) is 0 Å². The summed E-state index contributed by atoms with van der Waals surface area (Å²) in [6.07, 6.45) is 4.49. The van der Waals surface area contributed by atoms with E-state index < -0.39 is 0 Å². The molecule has 0 aromatic heterocycles. The van der Waals surface area contributed by atoms with Gasteiger partial charge in [-0.2, -0.15) is 0 Å². The second kappa shape index (κ2) is 7.29. The Morgan fingerprint density at radius 3 is 2.58 bits per heavy atom. The molecule has 0 radical (unpaired) electrons. The maximum Gasteiger partial charge on any atom is 0.221 e. The normalized spacial score (nSPS) is 17.9. The molecule has 1 fully saturated rings. The smallest absolute Gasteiger partial charge is 0.221 e. The molecule has 0 saturated carbocycles. The summed E-state index contributed by atoms with van der Waals surface area (Å²) < 4.78 is 0. The third-order valence-electron chi connectivity index (χ3n) is 3.83. The van der Waals surface area contributed by atoms with E-state index in [0.717, 1.165) is 18.7 Å². The highest BCUT2D eigenvalue weighted by Crippen LogP contribution is 2.13. The first kappa shape index (κ1) is 14.1. The third-order valence-corrected chi connectivity index (χ3v) is 3.83. The third kappa shape index (κ3) is 4.67. The lowest BCUT2D eigenvalue weighted by Gasteiger charge is -2.32. The minimum absolute atomic E-state index is 0.155. The second-order valence-corrected chi connectivity index (χ2v) is 5.41. The molecule has 3 heteroatoms. The summed E-state index contributed by atoms with van der Waals surface area (Å²) in [7, 11) is 0. The van der Waals surface area contributed by atoms with E-state index in [2.05, 4.69) is 17.1 Å². The standard InChI is InChI=1S/C16H24N2O/c1-14(18-10-6-3-7-11-18)12-16(19)17-13-15-8-4-2-5-9-15/h2,4-5,8-9,14H,3,6-7,10-13H2,1H3,(H,17,19)/t14-/m0/s1. The second-order valence-electron chi connectivity index (χ2n) is 5.41. The van der Waals surface area contributed by atoms with Crippen LogP contribution in [0.3, 0.4) is 0 Å². The quantitative estimate of drug-likeness (QED) is 0.882. The number of carbonyl (C=O) groups is 1. The summed E-state index contributed by atoms with van der Waals surface area (Å²) in [5, 5.41) is 3.00. The Bertz CT molecular complexity index is 385. The predicted molar refractivity (Wildman–Crippen MR) is 77.8 cm³/mol. The van der Waals surface area contributed by atoms with E-state index >= 15 is 0 Å². The molecule has 0 aliphatic carbocycles. The van der Waals surface area contributed by atoms with Crippen molar-refractivity contribution in [1.29, 1.82) is 0 Å². The van der Waals surface area contributed by atoms with E-state index in [1.165, 1.54) is 19.3 Å². The molecule has 1 N–H and O–H groups in total. The van der Waals surface area contributed by atoms with Gasteiger partial charge in [-0.1, -0.05) is 36.8 Å². The van der Waals surface area contributed by atoms with Crippen molar-refractivity contribution < 1.29 is 4.79 Å². The summed E-state index contributed by atoms with van der Waals surface area (Å²) in [4.78, 5) is 14.4. The number of carbonyl (C=O) groups excluding carboxylic acids is 1. The predicted octanol–water partition coefficient (Wildman–Crippen LogP) is 2.57. The first-order valence-electron chi connectivity index (χ1n) is 7.30. The maximum absolute atomic E-state index is 11.9. The molecular formula is C16H24N2O. The summed E-state index contributed by atoms with van der Waals surface area (Å²) in [5.74, 6) is 0.155. The van der Waals surface area contributed by atoms with E-state index in [1.54, 1.807) is 0 Å². The van der Waals surface area contributed by atoms with Gasteiger partial charge in [0.1, 0.15) is 0 Å². The number of hydrogen-bond donors (Lipinski definition) is 1. The van der Waals surface area contributed by atoms with E-state index in [1.807, 2.05) is 30.3 Å². The lowest BCUT2D eigenvalue weighted by atomic mass is 10.1. The van der Waals surface area contributed by atoms with Crippen LogP contribution in [0.5, 0.6) is 0 Å². The molecule has 1 aliphatic rings. The van der Waals surface area contributed by atoms with Crippen LogP contribution in [-0.2, 0) is 11.3 Å². The number of hydrogen-bond acceptors (Lipinski definition) is 2. The molecule has 19 heavy (non-hydrogen) atoms. The number of amides is 1. The van der Waals surface area contributed by atoms with Crippen LogP contribution in [0.2, 0.25) is 0 Å². The zero-order valence-corrected chi connectivity index (χ0v) is 11.8. The van der Waals surface area contributed by atoms with Crippen LogP contribution in [0, 0.1) is 0 Å². The van der Waals surface area contributed by atoms with Crippen LogP contribution < -0.4 is 5.32 Å². The molecule has 0 unspecified atom stereocenters. The van der Waals surface area contributed by atoms with Gasteiger partial charge < -0.3 is 10.2 Å². The van der Waals surface area contributed by atoms with Gasteiger partial charge in [0, 0.05) is 19.0 Å². The van der Waals surface area contributed by atoms with E-state index in [4.69, 9.17) is 0 Å². The average molecular weight is 260 g/mol. The first-order chi connectivity index (χ1) is 9.25. The summed E-state index contributed by atoms with van der Waals surface area (Å²) >= 11 is 0. The van der Waals surface area contributed by atoms with Crippen LogP contribution in [0.15, 0.2) is 30.3 Å². The number of likely N-dealkylation sites (tertiary alicyclic amines) is 1. The van der Waals surface area contributed by atoms with Gasteiger partial charge in [-0.3, -0.25) is 4.79 Å². The molecule has 0 spiro atoms. The molecule has 2 rings (SSSR count). The van der Waals surface area contributed by atoms with Crippen molar-refractivity contribution in [3.05, 3.63) is 35.9 Å². The number of nitrogens with one attached hydrogen (secondary N) is 1. The Morgan fingerprint density at radius 2 is 1.89 bits per heavy atom. The van der Waals surface area contributed by atoms with Crippen LogP contribution >= 0.6 is 0 Å². The van der Waals surface area contributed by atoms with Crippen molar-refractivity contribution in [2.75, 3.05) is 13.1 Å². The lowest BCUT2D eigenvalue weighted by molar-refractivity contribution is -0.122. The van der Waals surface area contributed by atoms with E-state index in [9.17, 15) is 4.79 Å². The van der Waals surface area contributed by atoms with E-state index in [0.29, 0.717) is 19.0 Å². The minimum Gasteiger partial charge on any atom is -0.352 e. The molecule has 104 valence electrons. The lowest BCUT2D eigenvalue weighted by Crippen LogP contribution is -2.40. The number of rotatable bonds is 5. The van der Waals surface area contributed by atoms with Crippen molar-refractivity contribution in [2.45, 2.75) is 45.2 Å². The molecular weight excluding hydrogens is 236 g/mol. The fraction of sp³-hybridized carbons (Fsp3) is 0.562. The van der Waals surface area contributed by atoms with Gasteiger partial charge >= 0.3 is 0 Å². The summed E-state index contributed by atoms with van der Waals surface area (Å²) in [5.41, 5.74) is 1.15. The van der Waals surface area contributed by atoms with Gasteiger partial charge in [0.05, 0.1) is 0 Å². The zero-order valence-electron chi connectivity index (χ0n) is 11.8. The topological polar surface area (TPSA) is 32.3 Å². The number of piperidine rings is 1. The molecule has 1 aromatic carbocycles. The van der Waals surface area contributed by atoms with Crippen LogP contribution in [0.1, 0.15) is 38.2 Å². The van der Waals surface area contributed by atoms with Crippen molar-refractivity contribution in [3.63, 3.8) is 0 Å². The Hall–Kier alpha value is -1.35. The van der Waals surface area contributed by atoms with Crippen molar-refractivity contribution in [3.8, 4) is 0 Å². The highest BCUT2D eigenvalue weighted by Gasteiger charge is 2.18. The largest absolute Gasteiger partial charge is 0.352 e. The Labute approximate surface area is 116 Å². The van der Waals surface area contributed by atoms with Crippen LogP contribution in [0.25, 0.3) is 0 Å². The fourth-order valence-electron chi connectivity index (χ4n) is 2.63. The Morgan fingerprint density at radius 1 is 1.21 bits per heavy atom. The Balaban J connectivity index is 1.71. The molecule has 1 amide bonds. The van der Waals surface area contributed by atoms with Crippen molar-refractivity contribution >= 4 is 5.91 Å². The van der Waals surface area contributed by atoms with Crippen LogP contribution in [-0.4, -0.2) is 29.9 Å². The van der Waals surface area contributed by atoms with Gasteiger partial charge in [0.25, 0.3) is 0 Å². The van der Waals surface area contributed by atoms with Gasteiger partial charge in [-0.05, 0) is 38.4 Å². The number of nitrogens with zero attached hydrogens (tertiary/aromatic N) is 1. The molecule has 0 bridgehead atoms. The monoisotopic (exact) mass is 260 g/mol. The molecule has 1 atom stereocenters. The maximum atomic E-state index is 11.9. The van der Waals surface area contributed by atoms with Gasteiger partial charge in [-0.25, -0.2) is 0 Å². The SMILES string of the molecule is C[C@@H](CC(=O)NCc1ccccc1)N1CCCCC1. The highest BCUT2D eigenvalue weighted by molar-refractivity contribution is 5.76. The minimum atomic E-state index is 0.155. The molecule has 1 heterocycles. The zero-order chi connectivity index (χ0) is 13.5.